The molecule has 31 heavy (non-hydrogen) atoms. The van der Waals surface area contributed by atoms with Crippen molar-refractivity contribution in [1.29, 1.82) is 0 Å². The Labute approximate surface area is 177 Å². The first-order valence-corrected chi connectivity index (χ1v) is 9.43. The van der Waals surface area contributed by atoms with E-state index < -0.39 is 17.7 Å². The second-order valence-corrected chi connectivity index (χ2v) is 6.76. The van der Waals surface area contributed by atoms with Crippen molar-refractivity contribution in [3.8, 4) is 5.75 Å². The summed E-state index contributed by atoms with van der Waals surface area (Å²) in [6.45, 7) is 0. The summed E-state index contributed by atoms with van der Waals surface area (Å²) in [7, 11) is 3.95. The van der Waals surface area contributed by atoms with Gasteiger partial charge >= 0.3 is 11.9 Å². The van der Waals surface area contributed by atoms with Crippen molar-refractivity contribution in [3.63, 3.8) is 0 Å². The van der Waals surface area contributed by atoms with Crippen molar-refractivity contribution >= 4 is 34.0 Å². The molecule has 0 amide bonds. The maximum atomic E-state index is 13.5. The number of aromatic nitrogens is 1. The van der Waals surface area contributed by atoms with Gasteiger partial charge in [0.25, 0.3) is 0 Å². The van der Waals surface area contributed by atoms with E-state index in [1.807, 2.05) is 30.3 Å². The maximum Gasteiger partial charge on any atom is 0.341 e. The van der Waals surface area contributed by atoms with Crippen molar-refractivity contribution in [1.82, 2.24) is 4.40 Å². The van der Waals surface area contributed by atoms with Gasteiger partial charge in [-0.15, -0.1) is 0 Å². The molecule has 0 fully saturated rings. The van der Waals surface area contributed by atoms with Gasteiger partial charge in [0, 0.05) is 17.1 Å². The van der Waals surface area contributed by atoms with Crippen LogP contribution in [0.2, 0.25) is 0 Å². The highest BCUT2D eigenvalue weighted by molar-refractivity contribution is 6.22. The minimum atomic E-state index is -0.801. The van der Waals surface area contributed by atoms with Crippen LogP contribution in [0.3, 0.4) is 0 Å². The number of carbonyl (C=O) groups excluding carboxylic acids is 3. The average molecular weight is 417 g/mol. The van der Waals surface area contributed by atoms with Gasteiger partial charge in [-0.05, 0) is 35.7 Å². The van der Waals surface area contributed by atoms with E-state index in [1.54, 1.807) is 34.9 Å². The highest BCUT2D eigenvalue weighted by Gasteiger charge is 2.33. The van der Waals surface area contributed by atoms with Gasteiger partial charge in [-0.1, -0.05) is 24.3 Å². The minimum Gasteiger partial charge on any atom is -0.497 e. The molecule has 0 aliphatic rings. The molecule has 2 heterocycles. The van der Waals surface area contributed by atoms with Crippen LogP contribution >= 0.6 is 0 Å². The number of pyridine rings is 1. The summed E-state index contributed by atoms with van der Waals surface area (Å²) in [4.78, 5) is 39.1. The molecule has 4 rings (SSSR count). The molecule has 0 aliphatic heterocycles. The van der Waals surface area contributed by atoms with Crippen LogP contribution in [-0.4, -0.2) is 43.5 Å². The number of nitrogens with zero attached hydrogens (tertiary/aromatic N) is 1. The number of ketones is 1. The first-order valence-electron chi connectivity index (χ1n) is 9.43. The quantitative estimate of drug-likeness (QED) is 0.362. The molecular weight excluding hydrogens is 398 g/mol. The number of fused-ring (bicyclic) bond motifs is 3. The van der Waals surface area contributed by atoms with Crippen LogP contribution in [-0.2, 0) is 9.47 Å². The molecule has 0 unspecified atom stereocenters. The lowest BCUT2D eigenvalue weighted by atomic mass is 10.0. The molecule has 0 saturated heterocycles. The zero-order valence-corrected chi connectivity index (χ0v) is 17.2. The fraction of sp³-hybridized carbons (Fsp3) is 0.125. The second kappa shape index (κ2) is 7.95. The van der Waals surface area contributed by atoms with E-state index in [9.17, 15) is 14.4 Å². The summed E-state index contributed by atoms with van der Waals surface area (Å²) < 4.78 is 16.6. The molecule has 0 radical (unpaired) electrons. The van der Waals surface area contributed by atoms with Crippen LogP contribution in [0.25, 0.3) is 16.3 Å². The largest absolute Gasteiger partial charge is 0.497 e. The van der Waals surface area contributed by atoms with Gasteiger partial charge in [0.05, 0.1) is 26.8 Å². The highest BCUT2D eigenvalue weighted by atomic mass is 16.5. The third-order valence-electron chi connectivity index (χ3n) is 5.17. The molecule has 7 heteroatoms. The highest BCUT2D eigenvalue weighted by Crippen LogP contribution is 2.33. The van der Waals surface area contributed by atoms with E-state index in [2.05, 4.69) is 0 Å². The fourth-order valence-electron chi connectivity index (χ4n) is 3.72. The number of rotatable bonds is 5. The minimum absolute atomic E-state index is 0.0111. The van der Waals surface area contributed by atoms with Crippen LogP contribution in [0.5, 0.6) is 5.75 Å². The van der Waals surface area contributed by atoms with Gasteiger partial charge in [0.2, 0.25) is 5.78 Å². The normalized spacial score (nSPS) is 10.8. The zero-order chi connectivity index (χ0) is 22.1. The van der Waals surface area contributed by atoms with Gasteiger partial charge in [-0.3, -0.25) is 4.79 Å². The SMILES string of the molecule is COC(=O)c1c(C(=O)OC)c2c3ccccc3ccn2c1C(=O)c1ccc(OC)cc1. The molecule has 0 N–H and O–H groups in total. The number of esters is 2. The average Bonchev–Trinajstić information content (AvgIpc) is 3.18. The monoisotopic (exact) mass is 417 g/mol. The number of benzene rings is 2. The van der Waals surface area contributed by atoms with E-state index in [-0.39, 0.29) is 16.8 Å². The summed E-state index contributed by atoms with van der Waals surface area (Å²) in [5.41, 5.74) is 0.616. The number of ether oxygens (including phenoxy) is 3. The first-order chi connectivity index (χ1) is 15.0. The summed E-state index contributed by atoms with van der Waals surface area (Å²) >= 11 is 0. The fourth-order valence-corrected chi connectivity index (χ4v) is 3.72. The van der Waals surface area contributed by atoms with E-state index in [1.165, 1.54) is 21.3 Å². The van der Waals surface area contributed by atoms with Crippen molar-refractivity contribution in [2.24, 2.45) is 0 Å². The standard InChI is InChI=1S/C24H19NO6/c1-29-16-10-8-15(9-11-16)22(26)21-19(24(28)31-3)18(23(27)30-2)20-17-7-5-4-6-14(17)12-13-25(20)21/h4-13H,1-3H3. The molecule has 2 aromatic carbocycles. The van der Waals surface area contributed by atoms with Crippen LogP contribution in [0.4, 0.5) is 0 Å². The predicted octanol–water partition coefficient (Wildman–Crippen LogP) is 3.91. The lowest BCUT2D eigenvalue weighted by Gasteiger charge is -2.07. The smallest absolute Gasteiger partial charge is 0.341 e. The lowest BCUT2D eigenvalue weighted by Crippen LogP contribution is -2.15. The van der Waals surface area contributed by atoms with Crippen LogP contribution in [0.15, 0.2) is 60.8 Å². The summed E-state index contributed by atoms with van der Waals surface area (Å²) in [5, 5.41) is 1.54. The summed E-state index contributed by atoms with van der Waals surface area (Å²) in [5.74, 6) is -1.39. The Balaban J connectivity index is 2.12. The van der Waals surface area contributed by atoms with E-state index >= 15 is 0 Å². The molecule has 156 valence electrons. The van der Waals surface area contributed by atoms with Crippen molar-refractivity contribution < 1.29 is 28.6 Å². The summed E-state index contributed by atoms with van der Waals surface area (Å²) in [6.07, 6.45) is 1.66. The molecule has 7 nitrogen and oxygen atoms in total. The van der Waals surface area contributed by atoms with Crippen LogP contribution in [0, 0.1) is 0 Å². The molecule has 0 aliphatic carbocycles. The third-order valence-corrected chi connectivity index (χ3v) is 5.17. The molecule has 0 spiro atoms. The van der Waals surface area contributed by atoms with Gasteiger partial charge < -0.3 is 18.6 Å². The Morgan fingerprint density at radius 2 is 1.42 bits per heavy atom. The molecule has 4 aromatic rings. The first kappa shape index (κ1) is 20.2. The topological polar surface area (TPSA) is 83.3 Å². The molecule has 0 bridgehead atoms. The van der Waals surface area contributed by atoms with Crippen LogP contribution < -0.4 is 4.74 Å². The number of hydrogen-bond donors (Lipinski definition) is 0. The molecule has 0 atom stereocenters. The number of carbonyl (C=O) groups is 3. The predicted molar refractivity (Wildman–Crippen MR) is 114 cm³/mol. The Morgan fingerprint density at radius 1 is 0.774 bits per heavy atom. The Morgan fingerprint density at radius 3 is 2.06 bits per heavy atom. The lowest BCUT2D eigenvalue weighted by molar-refractivity contribution is 0.0556. The Kier molecular flexibility index (Phi) is 5.17. The van der Waals surface area contributed by atoms with Crippen molar-refractivity contribution in [2.75, 3.05) is 21.3 Å². The third kappa shape index (κ3) is 3.20. The Bertz CT molecular complexity index is 1330. The Hall–Kier alpha value is -4.13. The van der Waals surface area contributed by atoms with Gasteiger partial charge in [-0.2, -0.15) is 0 Å². The van der Waals surface area contributed by atoms with Crippen molar-refractivity contribution in [2.45, 2.75) is 0 Å². The molecular formula is C24H19NO6. The van der Waals surface area contributed by atoms with E-state index in [0.29, 0.717) is 22.2 Å². The number of hydrogen-bond acceptors (Lipinski definition) is 6. The maximum absolute atomic E-state index is 13.5. The van der Waals surface area contributed by atoms with E-state index in [0.717, 1.165) is 5.39 Å². The van der Waals surface area contributed by atoms with Crippen molar-refractivity contribution in [3.05, 3.63) is 83.2 Å². The van der Waals surface area contributed by atoms with Crippen LogP contribution in [0.1, 0.15) is 36.8 Å². The second-order valence-electron chi connectivity index (χ2n) is 6.76. The number of methoxy groups -OCH3 is 3. The molecule has 0 saturated carbocycles. The molecule has 2 aromatic heterocycles. The van der Waals surface area contributed by atoms with Gasteiger partial charge in [-0.25, -0.2) is 9.59 Å². The van der Waals surface area contributed by atoms with Gasteiger partial charge in [0.1, 0.15) is 22.6 Å². The van der Waals surface area contributed by atoms with E-state index in [4.69, 9.17) is 14.2 Å². The zero-order valence-electron chi connectivity index (χ0n) is 17.2. The van der Waals surface area contributed by atoms with Gasteiger partial charge in [0.15, 0.2) is 0 Å². The summed E-state index contributed by atoms with van der Waals surface area (Å²) in [6, 6.07) is 15.7.